The summed E-state index contributed by atoms with van der Waals surface area (Å²) < 4.78 is 36.5. The number of hydrogen-bond acceptors (Lipinski definition) is 4. The average molecular weight is 310 g/mol. The minimum absolute atomic E-state index is 0.310. The van der Waals surface area contributed by atoms with E-state index in [0.29, 0.717) is 4.90 Å². The van der Waals surface area contributed by atoms with E-state index in [4.69, 9.17) is 9.31 Å². The number of sulfone groups is 1. The van der Waals surface area contributed by atoms with Gasteiger partial charge in [-0.3, -0.25) is 0 Å². The molecule has 1 heterocycles. The summed E-state index contributed by atoms with van der Waals surface area (Å²) in [6, 6.07) is 6.83. The zero-order chi connectivity index (χ0) is 16.1. The maximum atomic E-state index is 12.3. The number of hydrogen-bond donors (Lipinski definition) is 0. The molecule has 116 valence electrons. The van der Waals surface area contributed by atoms with Crippen molar-refractivity contribution in [2.45, 2.75) is 62.9 Å². The molecule has 1 fully saturated rings. The van der Waals surface area contributed by atoms with Gasteiger partial charge in [0.05, 0.1) is 21.3 Å². The molecule has 0 saturated carbocycles. The molecule has 4 nitrogen and oxygen atoms in total. The second-order valence-corrected chi connectivity index (χ2v) is 9.26. The van der Waals surface area contributed by atoms with Crippen LogP contribution in [0.3, 0.4) is 0 Å². The predicted octanol–water partition coefficient (Wildman–Crippen LogP) is 2.17. The third-order valence-electron chi connectivity index (χ3n) is 4.33. The van der Waals surface area contributed by atoms with Gasteiger partial charge in [0.1, 0.15) is 0 Å². The molecule has 0 atom stereocenters. The smallest absolute Gasteiger partial charge is 0.399 e. The molecule has 0 bridgehead atoms. The highest BCUT2D eigenvalue weighted by atomic mass is 32.2. The Hall–Kier alpha value is -0.845. The zero-order valence-electron chi connectivity index (χ0n) is 13.5. The third kappa shape index (κ3) is 2.89. The van der Waals surface area contributed by atoms with Crippen molar-refractivity contribution in [2.24, 2.45) is 0 Å². The van der Waals surface area contributed by atoms with Gasteiger partial charge >= 0.3 is 7.12 Å². The van der Waals surface area contributed by atoms with Crippen LogP contribution in [-0.2, 0) is 19.1 Å². The summed E-state index contributed by atoms with van der Waals surface area (Å²) >= 11 is 0. The first-order chi connectivity index (χ1) is 9.47. The zero-order valence-corrected chi connectivity index (χ0v) is 14.3. The highest BCUT2D eigenvalue weighted by Gasteiger charge is 2.51. The van der Waals surface area contributed by atoms with Crippen LogP contribution in [0, 0.1) is 0 Å². The van der Waals surface area contributed by atoms with Crippen molar-refractivity contribution in [3.63, 3.8) is 0 Å². The fraction of sp³-hybridized carbons (Fsp3) is 0.600. The fourth-order valence-corrected chi connectivity index (χ4v) is 3.20. The quantitative estimate of drug-likeness (QED) is 0.803. The van der Waals surface area contributed by atoms with E-state index in [1.165, 1.54) is 0 Å². The van der Waals surface area contributed by atoms with Crippen molar-refractivity contribution in [3.8, 4) is 0 Å². The van der Waals surface area contributed by atoms with Crippen molar-refractivity contribution in [1.82, 2.24) is 0 Å². The molecule has 0 N–H and O–H groups in total. The Morgan fingerprint density at radius 2 is 1.57 bits per heavy atom. The van der Waals surface area contributed by atoms with Crippen LogP contribution in [0.15, 0.2) is 29.2 Å². The molecule has 1 aromatic rings. The lowest BCUT2D eigenvalue weighted by Gasteiger charge is -2.32. The monoisotopic (exact) mass is 310 g/mol. The van der Waals surface area contributed by atoms with Crippen LogP contribution in [0.1, 0.15) is 41.5 Å². The van der Waals surface area contributed by atoms with Gasteiger partial charge in [0.15, 0.2) is 9.84 Å². The Labute approximate surface area is 127 Å². The van der Waals surface area contributed by atoms with E-state index in [-0.39, 0.29) is 0 Å². The highest BCUT2D eigenvalue weighted by Crippen LogP contribution is 2.36. The lowest BCUT2D eigenvalue weighted by Crippen LogP contribution is -2.41. The van der Waals surface area contributed by atoms with Gasteiger partial charge in [-0.15, -0.1) is 0 Å². The van der Waals surface area contributed by atoms with Crippen LogP contribution in [0.2, 0.25) is 0 Å². The molecule has 1 aromatic carbocycles. The van der Waals surface area contributed by atoms with E-state index in [1.54, 1.807) is 32.0 Å². The summed E-state index contributed by atoms with van der Waals surface area (Å²) in [6.45, 7) is 11.3. The summed E-state index contributed by atoms with van der Waals surface area (Å²) in [7, 11) is -3.84. The van der Waals surface area contributed by atoms with Gasteiger partial charge in [-0.25, -0.2) is 8.42 Å². The SMILES string of the molecule is CC(C)S(=O)(=O)c1cccc(B2OC(C)(C)C(C)(C)O2)c1. The Balaban J connectivity index is 2.37. The maximum Gasteiger partial charge on any atom is 0.494 e. The molecule has 21 heavy (non-hydrogen) atoms. The van der Waals surface area contributed by atoms with Gasteiger partial charge in [-0.05, 0) is 59.1 Å². The van der Waals surface area contributed by atoms with Crippen LogP contribution in [0.25, 0.3) is 0 Å². The molecule has 6 heteroatoms. The molecule has 0 spiro atoms. The largest absolute Gasteiger partial charge is 0.494 e. The Morgan fingerprint density at radius 1 is 1.05 bits per heavy atom. The molecular formula is C15H23BO4S. The van der Waals surface area contributed by atoms with Gasteiger partial charge < -0.3 is 9.31 Å². The van der Waals surface area contributed by atoms with E-state index in [0.717, 1.165) is 5.46 Å². The molecule has 1 saturated heterocycles. The molecule has 2 rings (SSSR count). The normalized spacial score (nSPS) is 21.0. The van der Waals surface area contributed by atoms with Gasteiger partial charge in [0.25, 0.3) is 0 Å². The third-order valence-corrected chi connectivity index (χ3v) is 6.48. The molecule has 0 unspecified atom stereocenters. The predicted molar refractivity (Wildman–Crippen MR) is 84.5 cm³/mol. The van der Waals surface area contributed by atoms with Gasteiger partial charge in [-0.1, -0.05) is 12.1 Å². The van der Waals surface area contributed by atoms with E-state index in [1.807, 2.05) is 33.8 Å². The molecule has 1 aliphatic heterocycles. The molecule has 0 aliphatic carbocycles. The first-order valence-electron chi connectivity index (χ1n) is 7.17. The van der Waals surface area contributed by atoms with Gasteiger partial charge in [-0.2, -0.15) is 0 Å². The molecule has 0 amide bonds. The summed E-state index contributed by atoms with van der Waals surface area (Å²) in [5.41, 5.74) is -0.148. The standard InChI is InChI=1S/C15H23BO4S/c1-11(2)21(17,18)13-9-7-8-12(10-13)16-19-14(3,4)15(5,6)20-16/h7-11H,1-6H3. The van der Waals surface area contributed by atoms with Crippen molar-refractivity contribution in [1.29, 1.82) is 0 Å². The van der Waals surface area contributed by atoms with E-state index in [2.05, 4.69) is 0 Å². The summed E-state index contributed by atoms with van der Waals surface area (Å²) in [5, 5.41) is -0.453. The van der Waals surface area contributed by atoms with Crippen molar-refractivity contribution in [2.75, 3.05) is 0 Å². The number of rotatable bonds is 3. The average Bonchev–Trinajstić information content (AvgIpc) is 2.58. The summed E-state index contributed by atoms with van der Waals surface area (Å²) in [5.74, 6) is 0. The maximum absolute atomic E-state index is 12.3. The molecular weight excluding hydrogens is 287 g/mol. The Morgan fingerprint density at radius 3 is 2.05 bits per heavy atom. The lowest BCUT2D eigenvalue weighted by atomic mass is 9.79. The topological polar surface area (TPSA) is 52.6 Å². The van der Waals surface area contributed by atoms with E-state index in [9.17, 15) is 8.42 Å². The Kier molecular flexibility index (Phi) is 4.02. The van der Waals surface area contributed by atoms with Crippen molar-refractivity contribution in [3.05, 3.63) is 24.3 Å². The summed E-state index contributed by atoms with van der Waals surface area (Å²) in [4.78, 5) is 0.310. The minimum Gasteiger partial charge on any atom is -0.399 e. The van der Waals surface area contributed by atoms with E-state index < -0.39 is 33.4 Å². The first kappa shape index (κ1) is 16.5. The van der Waals surface area contributed by atoms with Crippen LogP contribution in [0.5, 0.6) is 0 Å². The lowest BCUT2D eigenvalue weighted by molar-refractivity contribution is 0.00578. The Bertz CT molecular complexity index is 619. The van der Waals surface area contributed by atoms with Gasteiger partial charge in [0, 0.05) is 0 Å². The second kappa shape index (κ2) is 5.11. The minimum atomic E-state index is -3.30. The first-order valence-corrected chi connectivity index (χ1v) is 8.71. The van der Waals surface area contributed by atoms with Crippen LogP contribution >= 0.6 is 0 Å². The fourth-order valence-electron chi connectivity index (χ4n) is 2.09. The summed E-state index contributed by atoms with van der Waals surface area (Å²) in [6.07, 6.45) is 0. The molecule has 0 radical (unpaired) electrons. The van der Waals surface area contributed by atoms with Crippen molar-refractivity contribution < 1.29 is 17.7 Å². The molecule has 1 aliphatic rings. The number of benzene rings is 1. The molecule has 0 aromatic heterocycles. The van der Waals surface area contributed by atoms with Crippen LogP contribution in [-0.4, -0.2) is 32.0 Å². The van der Waals surface area contributed by atoms with Crippen LogP contribution < -0.4 is 5.46 Å². The van der Waals surface area contributed by atoms with Crippen LogP contribution in [0.4, 0.5) is 0 Å². The van der Waals surface area contributed by atoms with Crippen molar-refractivity contribution >= 4 is 22.4 Å². The second-order valence-electron chi connectivity index (χ2n) is 6.75. The van der Waals surface area contributed by atoms with E-state index >= 15 is 0 Å². The highest BCUT2D eigenvalue weighted by molar-refractivity contribution is 7.92. The van der Waals surface area contributed by atoms with Gasteiger partial charge in [0.2, 0.25) is 0 Å².